The normalized spacial score (nSPS) is 19.0. The molecule has 4 nitrogen and oxygen atoms in total. The number of nitrogens with zero attached hydrogens (tertiary/aromatic N) is 1. The number of ether oxygens (including phenoxy) is 1. The van der Waals surface area contributed by atoms with Crippen LogP contribution >= 0.6 is 15.9 Å². The van der Waals surface area contributed by atoms with Crippen LogP contribution in [0.3, 0.4) is 0 Å². The molecule has 1 aliphatic rings. The minimum Gasteiger partial charge on any atom is -0.496 e. The van der Waals surface area contributed by atoms with Gasteiger partial charge < -0.3 is 15.0 Å². The lowest BCUT2D eigenvalue weighted by Crippen LogP contribution is -2.33. The summed E-state index contributed by atoms with van der Waals surface area (Å²) in [6.45, 7) is 7.38. The summed E-state index contributed by atoms with van der Waals surface area (Å²) >= 11 is 3.41. The maximum atomic E-state index is 12.2. The van der Waals surface area contributed by atoms with Crippen molar-refractivity contribution in [3.63, 3.8) is 0 Å². The number of hydrogen-bond donors (Lipinski definition) is 1. The lowest BCUT2D eigenvalue weighted by atomic mass is 10.1. The van der Waals surface area contributed by atoms with E-state index in [4.69, 9.17) is 4.74 Å². The smallest absolute Gasteiger partial charge is 0.251 e. The average molecular weight is 355 g/mol. The van der Waals surface area contributed by atoms with Crippen molar-refractivity contribution in [2.45, 2.75) is 26.3 Å². The maximum Gasteiger partial charge on any atom is 0.251 e. The van der Waals surface area contributed by atoms with Crippen LogP contribution in [-0.4, -0.2) is 43.6 Å². The van der Waals surface area contributed by atoms with E-state index < -0.39 is 0 Å². The second kappa shape index (κ2) is 7.27. The van der Waals surface area contributed by atoms with E-state index in [1.807, 2.05) is 0 Å². The van der Waals surface area contributed by atoms with Crippen LogP contribution in [0.1, 0.15) is 30.6 Å². The van der Waals surface area contributed by atoms with E-state index in [0.717, 1.165) is 36.3 Å². The number of benzene rings is 1. The molecule has 0 aromatic heterocycles. The fraction of sp³-hybridized carbons (Fsp3) is 0.562. The van der Waals surface area contributed by atoms with Gasteiger partial charge in [0.15, 0.2) is 0 Å². The van der Waals surface area contributed by atoms with Gasteiger partial charge in [-0.3, -0.25) is 4.79 Å². The molecule has 0 aliphatic carbocycles. The van der Waals surface area contributed by atoms with Gasteiger partial charge in [-0.2, -0.15) is 0 Å². The summed E-state index contributed by atoms with van der Waals surface area (Å²) in [5, 5.41) is 3.04. The topological polar surface area (TPSA) is 41.6 Å². The standard InChI is InChI=1S/C16H23BrN2O2/c1-11(2)19-7-6-12(10-19)9-18-16(20)13-4-5-15(21-3)14(17)8-13/h4-5,8,11-12H,6-7,9-10H2,1-3H3,(H,18,20). The predicted octanol–water partition coefficient (Wildman–Crippen LogP) is 2.92. The second-order valence-electron chi connectivity index (χ2n) is 5.80. The Morgan fingerprint density at radius 3 is 2.86 bits per heavy atom. The number of amides is 1. The van der Waals surface area contributed by atoms with Crippen LogP contribution in [0, 0.1) is 5.92 Å². The van der Waals surface area contributed by atoms with Crippen LogP contribution in [0.4, 0.5) is 0 Å². The van der Waals surface area contributed by atoms with Gasteiger partial charge in [0, 0.05) is 24.7 Å². The monoisotopic (exact) mass is 354 g/mol. The molecular formula is C16H23BrN2O2. The largest absolute Gasteiger partial charge is 0.496 e. The second-order valence-corrected chi connectivity index (χ2v) is 6.66. The van der Waals surface area contributed by atoms with E-state index in [1.165, 1.54) is 0 Å². The first-order valence-corrected chi connectivity index (χ1v) is 8.16. The van der Waals surface area contributed by atoms with Crippen LogP contribution in [0.5, 0.6) is 5.75 Å². The predicted molar refractivity (Wildman–Crippen MR) is 87.8 cm³/mol. The molecule has 1 aromatic rings. The molecule has 5 heteroatoms. The molecule has 0 saturated carbocycles. The molecule has 1 atom stereocenters. The molecule has 1 heterocycles. The molecule has 0 radical (unpaired) electrons. The summed E-state index contributed by atoms with van der Waals surface area (Å²) in [5.41, 5.74) is 0.654. The Labute approximate surface area is 135 Å². The van der Waals surface area contributed by atoms with Crippen LogP contribution in [0.15, 0.2) is 22.7 Å². The highest BCUT2D eigenvalue weighted by molar-refractivity contribution is 9.10. The zero-order valence-corrected chi connectivity index (χ0v) is 14.4. The maximum absolute atomic E-state index is 12.2. The third kappa shape index (κ3) is 4.20. The van der Waals surface area contributed by atoms with E-state index in [1.54, 1.807) is 25.3 Å². The van der Waals surface area contributed by atoms with Crippen molar-refractivity contribution in [2.75, 3.05) is 26.7 Å². The molecule has 116 valence electrons. The van der Waals surface area contributed by atoms with Gasteiger partial charge in [-0.15, -0.1) is 0 Å². The summed E-state index contributed by atoms with van der Waals surface area (Å²) in [6, 6.07) is 5.97. The molecule has 1 N–H and O–H groups in total. The highest BCUT2D eigenvalue weighted by Gasteiger charge is 2.24. The number of methoxy groups -OCH3 is 1. The van der Waals surface area contributed by atoms with Crippen molar-refractivity contribution < 1.29 is 9.53 Å². The molecule has 2 rings (SSSR count). The fourth-order valence-corrected chi connectivity index (χ4v) is 3.19. The average Bonchev–Trinajstić information content (AvgIpc) is 2.93. The van der Waals surface area contributed by atoms with Gasteiger partial charge in [0.05, 0.1) is 11.6 Å². The van der Waals surface area contributed by atoms with E-state index >= 15 is 0 Å². The minimum absolute atomic E-state index is 0.0265. The zero-order valence-electron chi connectivity index (χ0n) is 12.9. The van der Waals surface area contributed by atoms with Crippen LogP contribution in [0.2, 0.25) is 0 Å². The quantitative estimate of drug-likeness (QED) is 0.883. The summed E-state index contributed by atoms with van der Waals surface area (Å²) in [5.74, 6) is 1.26. The molecule has 1 aliphatic heterocycles. The summed E-state index contributed by atoms with van der Waals surface area (Å²) in [4.78, 5) is 14.6. The van der Waals surface area contributed by atoms with E-state index in [2.05, 4.69) is 40.0 Å². The Kier molecular flexibility index (Phi) is 5.65. The molecule has 1 saturated heterocycles. The Morgan fingerprint density at radius 1 is 1.52 bits per heavy atom. The molecule has 21 heavy (non-hydrogen) atoms. The molecule has 1 fully saturated rings. The number of halogens is 1. The molecule has 1 amide bonds. The Bertz CT molecular complexity index is 505. The molecule has 0 bridgehead atoms. The molecule has 1 aromatic carbocycles. The lowest BCUT2D eigenvalue weighted by molar-refractivity contribution is 0.0947. The van der Waals surface area contributed by atoms with Crippen LogP contribution in [-0.2, 0) is 0 Å². The zero-order chi connectivity index (χ0) is 15.4. The van der Waals surface area contributed by atoms with Crippen LogP contribution < -0.4 is 10.1 Å². The minimum atomic E-state index is -0.0265. The van der Waals surface area contributed by atoms with E-state index in [-0.39, 0.29) is 5.91 Å². The van der Waals surface area contributed by atoms with Crippen molar-refractivity contribution in [1.82, 2.24) is 10.2 Å². The van der Waals surface area contributed by atoms with Gasteiger partial charge in [-0.25, -0.2) is 0 Å². The highest BCUT2D eigenvalue weighted by atomic mass is 79.9. The number of likely N-dealkylation sites (tertiary alicyclic amines) is 1. The molecule has 0 spiro atoms. The number of carbonyl (C=O) groups excluding carboxylic acids is 1. The number of rotatable bonds is 5. The number of carbonyl (C=O) groups is 1. The first-order chi connectivity index (χ1) is 10.0. The van der Waals surface area contributed by atoms with E-state index in [9.17, 15) is 4.79 Å². The van der Waals surface area contributed by atoms with Gasteiger partial charge in [0.25, 0.3) is 5.91 Å². The van der Waals surface area contributed by atoms with Crippen molar-refractivity contribution in [2.24, 2.45) is 5.92 Å². The van der Waals surface area contributed by atoms with Gasteiger partial charge in [-0.05, 0) is 66.9 Å². The summed E-state index contributed by atoms with van der Waals surface area (Å²) < 4.78 is 5.97. The Balaban J connectivity index is 1.86. The summed E-state index contributed by atoms with van der Waals surface area (Å²) in [7, 11) is 1.61. The number of nitrogens with one attached hydrogen (secondary N) is 1. The first kappa shape index (κ1) is 16.3. The summed E-state index contributed by atoms with van der Waals surface area (Å²) in [6.07, 6.45) is 1.16. The van der Waals surface area contributed by atoms with Crippen LogP contribution in [0.25, 0.3) is 0 Å². The van der Waals surface area contributed by atoms with Gasteiger partial charge >= 0.3 is 0 Å². The number of hydrogen-bond acceptors (Lipinski definition) is 3. The van der Waals surface area contributed by atoms with Gasteiger partial charge in [0.1, 0.15) is 5.75 Å². The van der Waals surface area contributed by atoms with Crippen molar-refractivity contribution in [3.8, 4) is 5.75 Å². The van der Waals surface area contributed by atoms with Crippen molar-refractivity contribution >= 4 is 21.8 Å². The fourth-order valence-electron chi connectivity index (χ4n) is 2.64. The SMILES string of the molecule is COc1ccc(C(=O)NCC2CCN(C(C)C)C2)cc1Br. The van der Waals surface area contributed by atoms with Crippen molar-refractivity contribution in [3.05, 3.63) is 28.2 Å². The third-order valence-corrected chi connectivity index (χ3v) is 4.63. The highest BCUT2D eigenvalue weighted by Crippen LogP contribution is 2.25. The first-order valence-electron chi connectivity index (χ1n) is 7.37. The van der Waals surface area contributed by atoms with E-state index in [0.29, 0.717) is 17.5 Å². The Hall–Kier alpha value is -1.07. The molecule has 1 unspecified atom stereocenters. The van der Waals surface area contributed by atoms with Gasteiger partial charge in [-0.1, -0.05) is 0 Å². The lowest BCUT2D eigenvalue weighted by Gasteiger charge is -2.20. The Morgan fingerprint density at radius 2 is 2.29 bits per heavy atom. The molecular weight excluding hydrogens is 332 g/mol. The third-order valence-electron chi connectivity index (χ3n) is 4.01. The van der Waals surface area contributed by atoms with Gasteiger partial charge in [0.2, 0.25) is 0 Å². The van der Waals surface area contributed by atoms with Crippen molar-refractivity contribution in [1.29, 1.82) is 0 Å².